The van der Waals surface area contributed by atoms with Crippen molar-refractivity contribution in [2.45, 2.75) is 36.6 Å². The fourth-order valence-electron chi connectivity index (χ4n) is 3.00. The second-order valence-corrected chi connectivity index (χ2v) is 7.89. The molecule has 1 atom stereocenters. The zero-order valence-electron chi connectivity index (χ0n) is 15.7. The number of anilines is 1. The van der Waals surface area contributed by atoms with Crippen LogP contribution >= 0.6 is 23.4 Å². The molecule has 1 aromatic heterocycles. The summed E-state index contributed by atoms with van der Waals surface area (Å²) in [6, 6.07) is 14.1. The lowest BCUT2D eigenvalue weighted by molar-refractivity contribution is -0.141. The van der Waals surface area contributed by atoms with Crippen molar-refractivity contribution in [2.24, 2.45) is 0 Å². The van der Waals surface area contributed by atoms with Crippen LogP contribution in [0.4, 0.5) is 5.69 Å². The Morgan fingerprint density at radius 3 is 2.67 bits per heavy atom. The smallest absolute Gasteiger partial charge is 0.302 e. The van der Waals surface area contributed by atoms with Gasteiger partial charge in [0.15, 0.2) is 0 Å². The van der Waals surface area contributed by atoms with E-state index in [1.165, 1.54) is 12.3 Å². The lowest BCUT2D eigenvalue weighted by atomic mass is 10.2. The topological polar surface area (TPSA) is 43.3 Å². The van der Waals surface area contributed by atoms with E-state index in [0.29, 0.717) is 6.61 Å². The van der Waals surface area contributed by atoms with Crippen molar-refractivity contribution in [3.05, 3.63) is 53.7 Å². The largest absolute Gasteiger partial charge is 0.464 e. The number of carbonyl (C=O) groups excluding carboxylic acids is 1. The minimum absolute atomic E-state index is 0.0350. The maximum atomic E-state index is 11.2. The van der Waals surface area contributed by atoms with E-state index in [2.05, 4.69) is 42.1 Å². The first-order valence-corrected chi connectivity index (χ1v) is 10.1. The molecule has 0 saturated carbocycles. The molecular formula is C21H23ClN2O2S. The van der Waals surface area contributed by atoms with Gasteiger partial charge in [-0.15, -0.1) is 0 Å². The number of nitrogens with one attached hydrogen (secondary N) is 1. The minimum Gasteiger partial charge on any atom is -0.464 e. The quantitative estimate of drug-likeness (QED) is 0.492. The summed E-state index contributed by atoms with van der Waals surface area (Å²) < 4.78 is 7.41. The first-order chi connectivity index (χ1) is 13.0. The molecule has 27 heavy (non-hydrogen) atoms. The number of aromatic nitrogens is 1. The van der Waals surface area contributed by atoms with Crippen molar-refractivity contribution in [2.75, 3.05) is 18.5 Å². The van der Waals surface area contributed by atoms with E-state index in [-0.39, 0.29) is 12.0 Å². The van der Waals surface area contributed by atoms with E-state index in [1.54, 1.807) is 11.8 Å². The predicted octanol–water partition coefficient (Wildman–Crippen LogP) is 6.00. The summed E-state index contributed by atoms with van der Waals surface area (Å²) in [5, 5.41) is 5.36. The molecular weight excluding hydrogens is 380 g/mol. The Labute approximate surface area is 168 Å². The van der Waals surface area contributed by atoms with Gasteiger partial charge in [-0.2, -0.15) is 0 Å². The van der Waals surface area contributed by atoms with Crippen LogP contribution in [0.2, 0.25) is 5.02 Å². The highest BCUT2D eigenvalue weighted by molar-refractivity contribution is 7.99. The molecule has 1 heterocycles. The van der Waals surface area contributed by atoms with Gasteiger partial charge >= 0.3 is 5.97 Å². The Balaban J connectivity index is 2.04. The summed E-state index contributed by atoms with van der Waals surface area (Å²) in [4.78, 5) is 13.5. The molecule has 0 amide bonds. The van der Waals surface area contributed by atoms with Crippen molar-refractivity contribution in [3.63, 3.8) is 0 Å². The third kappa shape index (κ3) is 4.60. The molecule has 3 aromatic rings. The van der Waals surface area contributed by atoms with Gasteiger partial charge in [0.2, 0.25) is 0 Å². The molecule has 6 heteroatoms. The third-order valence-corrected chi connectivity index (χ3v) is 5.52. The van der Waals surface area contributed by atoms with Gasteiger partial charge in [-0.3, -0.25) is 4.79 Å². The number of benzene rings is 2. The fourth-order valence-corrected chi connectivity index (χ4v) is 4.14. The van der Waals surface area contributed by atoms with Crippen LogP contribution in [0.3, 0.4) is 0 Å². The zero-order valence-corrected chi connectivity index (χ0v) is 17.2. The number of hydrogen-bond acceptors (Lipinski definition) is 4. The molecule has 0 bridgehead atoms. The Morgan fingerprint density at radius 1 is 1.26 bits per heavy atom. The Kier molecular flexibility index (Phi) is 6.34. The SMILES string of the molecule is CCNc1cccc2c1c(Sc1ccc(Cl)cc1)cn2C(C)COC(C)=O. The molecule has 0 saturated heterocycles. The van der Waals surface area contributed by atoms with Crippen molar-refractivity contribution in [1.82, 2.24) is 4.57 Å². The molecule has 0 aliphatic heterocycles. The minimum atomic E-state index is -0.262. The van der Waals surface area contributed by atoms with Crippen molar-refractivity contribution in [1.29, 1.82) is 0 Å². The molecule has 1 unspecified atom stereocenters. The highest BCUT2D eigenvalue weighted by atomic mass is 35.5. The number of rotatable bonds is 7. The fraction of sp³-hybridized carbons (Fsp3) is 0.286. The molecule has 3 rings (SSSR count). The van der Waals surface area contributed by atoms with Crippen LogP contribution in [0.15, 0.2) is 58.5 Å². The first kappa shape index (κ1) is 19.6. The molecule has 142 valence electrons. The molecule has 0 radical (unpaired) electrons. The van der Waals surface area contributed by atoms with Crippen LogP contribution in [-0.4, -0.2) is 23.7 Å². The van der Waals surface area contributed by atoms with Crippen molar-refractivity contribution in [3.8, 4) is 0 Å². The number of nitrogens with zero attached hydrogens (tertiary/aromatic N) is 1. The second-order valence-electron chi connectivity index (χ2n) is 6.34. The van der Waals surface area contributed by atoms with Gasteiger partial charge in [0.05, 0.1) is 11.6 Å². The number of fused-ring (bicyclic) bond motifs is 1. The Bertz CT molecular complexity index is 937. The predicted molar refractivity (Wildman–Crippen MR) is 113 cm³/mol. The van der Waals surface area contributed by atoms with Gasteiger partial charge in [-0.1, -0.05) is 29.4 Å². The standard InChI is InChI=1S/C21H23ClN2O2S/c1-4-23-18-6-5-7-19-21(18)20(27-17-10-8-16(22)9-11-17)12-24(19)14(2)13-26-15(3)25/h5-12,14,23H,4,13H2,1-3H3. The van der Waals surface area contributed by atoms with E-state index in [9.17, 15) is 4.79 Å². The molecule has 1 N–H and O–H groups in total. The molecule has 0 aliphatic rings. The molecule has 0 fully saturated rings. The summed E-state index contributed by atoms with van der Waals surface area (Å²) in [5.74, 6) is -0.262. The van der Waals surface area contributed by atoms with Crippen LogP contribution in [0.25, 0.3) is 10.9 Å². The highest BCUT2D eigenvalue weighted by Crippen LogP contribution is 2.40. The molecule has 4 nitrogen and oxygen atoms in total. The highest BCUT2D eigenvalue weighted by Gasteiger charge is 2.17. The average molecular weight is 403 g/mol. The summed E-state index contributed by atoms with van der Waals surface area (Å²) in [5.41, 5.74) is 2.22. The van der Waals surface area contributed by atoms with Gasteiger partial charge in [0, 0.05) is 45.6 Å². The van der Waals surface area contributed by atoms with E-state index in [1.807, 2.05) is 30.3 Å². The number of carbonyl (C=O) groups is 1. The zero-order chi connectivity index (χ0) is 19.4. The lowest BCUT2D eigenvalue weighted by Gasteiger charge is -2.15. The summed E-state index contributed by atoms with van der Waals surface area (Å²) in [6.45, 7) is 6.77. The van der Waals surface area contributed by atoms with Crippen molar-refractivity contribution >= 4 is 45.9 Å². The number of ether oxygens (including phenoxy) is 1. The Morgan fingerprint density at radius 2 is 2.00 bits per heavy atom. The van der Waals surface area contributed by atoms with Crippen molar-refractivity contribution < 1.29 is 9.53 Å². The van der Waals surface area contributed by atoms with Gasteiger partial charge < -0.3 is 14.6 Å². The van der Waals surface area contributed by atoms with Gasteiger partial charge in [-0.25, -0.2) is 0 Å². The van der Waals surface area contributed by atoms with Gasteiger partial charge in [0.25, 0.3) is 0 Å². The summed E-state index contributed by atoms with van der Waals surface area (Å²) in [6.07, 6.45) is 2.14. The van der Waals surface area contributed by atoms with E-state index >= 15 is 0 Å². The maximum absolute atomic E-state index is 11.2. The summed E-state index contributed by atoms with van der Waals surface area (Å²) in [7, 11) is 0. The molecule has 0 spiro atoms. The number of hydrogen-bond donors (Lipinski definition) is 1. The first-order valence-electron chi connectivity index (χ1n) is 8.93. The van der Waals surface area contributed by atoms with Crippen LogP contribution in [0, 0.1) is 0 Å². The van der Waals surface area contributed by atoms with Crippen LogP contribution in [0.5, 0.6) is 0 Å². The van der Waals surface area contributed by atoms with Gasteiger partial charge in [-0.05, 0) is 50.2 Å². The molecule has 0 aliphatic carbocycles. The number of halogens is 1. The Hall–Kier alpha value is -2.11. The van der Waals surface area contributed by atoms with Crippen LogP contribution < -0.4 is 5.32 Å². The van der Waals surface area contributed by atoms with Gasteiger partial charge in [0.1, 0.15) is 6.61 Å². The lowest BCUT2D eigenvalue weighted by Crippen LogP contribution is -2.13. The monoisotopic (exact) mass is 402 g/mol. The third-order valence-electron chi connectivity index (χ3n) is 4.23. The van der Waals surface area contributed by atoms with Crippen LogP contribution in [-0.2, 0) is 9.53 Å². The van der Waals surface area contributed by atoms with E-state index < -0.39 is 0 Å². The normalized spacial score (nSPS) is 12.1. The molecule has 2 aromatic carbocycles. The summed E-state index contributed by atoms with van der Waals surface area (Å²) >= 11 is 7.72. The van der Waals surface area contributed by atoms with Crippen LogP contribution in [0.1, 0.15) is 26.8 Å². The van der Waals surface area contributed by atoms with E-state index in [0.717, 1.165) is 32.6 Å². The number of esters is 1. The maximum Gasteiger partial charge on any atom is 0.302 e. The van der Waals surface area contributed by atoms with E-state index in [4.69, 9.17) is 16.3 Å². The average Bonchev–Trinajstić information content (AvgIpc) is 3.01. The second kappa shape index (κ2) is 8.72.